The summed E-state index contributed by atoms with van der Waals surface area (Å²) in [4.78, 5) is 6.60. The Balaban J connectivity index is 1.53. The van der Waals surface area contributed by atoms with Crippen LogP contribution in [0, 0.1) is 6.92 Å². The van der Waals surface area contributed by atoms with Crippen LogP contribution in [-0.2, 0) is 6.61 Å². The summed E-state index contributed by atoms with van der Waals surface area (Å²) in [7, 11) is 0. The third kappa shape index (κ3) is 4.32. The van der Waals surface area contributed by atoms with Gasteiger partial charge in [0, 0.05) is 36.5 Å². The largest absolute Gasteiger partial charge is 0.472 e. The Labute approximate surface area is 177 Å². The van der Waals surface area contributed by atoms with Crippen LogP contribution >= 0.6 is 0 Å². The van der Waals surface area contributed by atoms with Crippen LogP contribution < -0.4 is 9.64 Å². The molecule has 2 heterocycles. The number of anilines is 1. The summed E-state index contributed by atoms with van der Waals surface area (Å²) in [6, 6.07) is 17.9. The average molecular weight is 405 g/mol. The molecule has 1 aliphatic heterocycles. The van der Waals surface area contributed by atoms with Gasteiger partial charge in [-0.05, 0) is 48.2 Å². The first kappa shape index (κ1) is 20.4. The lowest BCUT2D eigenvalue weighted by Crippen LogP contribution is -2.25. The van der Waals surface area contributed by atoms with Crippen LogP contribution in [0.3, 0.4) is 0 Å². The molecule has 1 aromatic heterocycles. The van der Waals surface area contributed by atoms with Crippen molar-refractivity contribution < 1.29 is 14.9 Å². The maximum absolute atomic E-state index is 10.1. The Morgan fingerprint density at radius 1 is 1.17 bits per heavy atom. The average Bonchev–Trinajstić information content (AvgIpc) is 3.23. The zero-order valence-electron chi connectivity index (χ0n) is 17.5. The van der Waals surface area contributed by atoms with Gasteiger partial charge in [-0.15, -0.1) is 0 Å². The molecule has 2 atom stereocenters. The second-order valence-corrected chi connectivity index (χ2v) is 7.91. The Kier molecular flexibility index (Phi) is 6.02. The van der Waals surface area contributed by atoms with E-state index in [9.17, 15) is 10.2 Å². The fourth-order valence-corrected chi connectivity index (χ4v) is 4.05. The van der Waals surface area contributed by atoms with Gasteiger partial charge >= 0.3 is 0 Å². The lowest BCUT2D eigenvalue weighted by molar-refractivity contribution is 0.200. The summed E-state index contributed by atoms with van der Waals surface area (Å²) < 4.78 is 6.05. The van der Waals surface area contributed by atoms with Crippen molar-refractivity contribution >= 4 is 5.69 Å². The molecule has 1 saturated heterocycles. The molecule has 2 N–H and O–H groups in total. The second-order valence-electron chi connectivity index (χ2n) is 7.91. The highest BCUT2D eigenvalue weighted by Gasteiger charge is 2.26. The Bertz CT molecular complexity index is 1000. The van der Waals surface area contributed by atoms with Crippen molar-refractivity contribution in [2.75, 3.05) is 18.0 Å². The Hall–Kier alpha value is -2.89. The molecule has 5 nitrogen and oxygen atoms in total. The topological polar surface area (TPSA) is 65.8 Å². The van der Waals surface area contributed by atoms with Crippen molar-refractivity contribution in [3.05, 3.63) is 77.5 Å². The molecule has 3 aromatic rings. The second kappa shape index (κ2) is 8.86. The molecule has 0 spiro atoms. The predicted octanol–water partition coefficient (Wildman–Crippen LogP) is 4.26. The normalized spacial score (nSPS) is 17.2. The summed E-state index contributed by atoms with van der Waals surface area (Å²) in [5, 5.41) is 20.1. The van der Waals surface area contributed by atoms with Gasteiger partial charge in [-0.2, -0.15) is 0 Å². The number of hydrogen-bond donors (Lipinski definition) is 2. The van der Waals surface area contributed by atoms with E-state index < -0.39 is 6.10 Å². The van der Waals surface area contributed by atoms with Crippen LogP contribution in [0.25, 0.3) is 11.1 Å². The fraction of sp³-hybridized carbons (Fsp3) is 0.320. The summed E-state index contributed by atoms with van der Waals surface area (Å²) in [5.74, 6) is 0.653. The van der Waals surface area contributed by atoms with Crippen molar-refractivity contribution in [1.29, 1.82) is 0 Å². The molecule has 1 aliphatic rings. The van der Waals surface area contributed by atoms with Crippen molar-refractivity contribution in [1.82, 2.24) is 4.98 Å². The number of nitrogens with zero attached hydrogens (tertiary/aromatic N) is 2. The van der Waals surface area contributed by atoms with Crippen LogP contribution in [0.4, 0.5) is 5.69 Å². The number of pyridine rings is 1. The number of hydrogen-bond acceptors (Lipinski definition) is 5. The van der Waals surface area contributed by atoms with E-state index in [1.165, 1.54) is 0 Å². The lowest BCUT2D eigenvalue weighted by atomic mass is 9.95. The van der Waals surface area contributed by atoms with E-state index in [2.05, 4.69) is 22.0 Å². The summed E-state index contributed by atoms with van der Waals surface area (Å²) in [6.07, 6.45) is 2.25. The van der Waals surface area contributed by atoms with Crippen LogP contribution in [0.1, 0.15) is 36.1 Å². The van der Waals surface area contributed by atoms with Crippen LogP contribution in [-0.4, -0.2) is 34.4 Å². The number of aromatic nitrogens is 1. The number of benzene rings is 2. The van der Waals surface area contributed by atoms with E-state index in [-0.39, 0.29) is 12.7 Å². The van der Waals surface area contributed by atoms with Gasteiger partial charge in [-0.3, -0.25) is 0 Å². The minimum absolute atomic E-state index is 0.0401. The first-order valence-electron chi connectivity index (χ1n) is 10.4. The number of ether oxygens (including phenoxy) is 1. The molecule has 0 amide bonds. The molecule has 4 rings (SSSR count). The minimum atomic E-state index is -0.551. The van der Waals surface area contributed by atoms with Crippen molar-refractivity contribution in [3.8, 4) is 17.0 Å². The van der Waals surface area contributed by atoms with Gasteiger partial charge < -0.3 is 19.8 Å². The maximum atomic E-state index is 10.1. The van der Waals surface area contributed by atoms with E-state index in [4.69, 9.17) is 4.74 Å². The minimum Gasteiger partial charge on any atom is -0.472 e. The highest BCUT2D eigenvalue weighted by Crippen LogP contribution is 2.33. The van der Waals surface area contributed by atoms with E-state index in [1.807, 2.05) is 55.6 Å². The quantitative estimate of drug-likeness (QED) is 0.643. The van der Waals surface area contributed by atoms with Gasteiger partial charge in [-0.1, -0.05) is 36.4 Å². The molecule has 5 heteroatoms. The number of aryl methyl sites for hydroxylation is 1. The van der Waals surface area contributed by atoms with E-state index in [0.29, 0.717) is 5.88 Å². The van der Waals surface area contributed by atoms with Gasteiger partial charge in [0.15, 0.2) is 0 Å². The summed E-state index contributed by atoms with van der Waals surface area (Å²) >= 11 is 0. The molecule has 0 aliphatic carbocycles. The number of aliphatic hydroxyl groups excluding tert-OH is 2. The third-order valence-corrected chi connectivity index (χ3v) is 5.63. The molecule has 0 bridgehead atoms. The monoisotopic (exact) mass is 404 g/mol. The summed E-state index contributed by atoms with van der Waals surface area (Å²) in [5.41, 5.74) is 5.88. The molecule has 0 radical (unpaired) electrons. The van der Waals surface area contributed by atoms with Crippen LogP contribution in [0.15, 0.2) is 60.8 Å². The third-order valence-electron chi connectivity index (χ3n) is 5.63. The highest BCUT2D eigenvalue weighted by atomic mass is 16.5. The van der Waals surface area contributed by atoms with Gasteiger partial charge in [-0.25, -0.2) is 4.98 Å². The number of aliphatic hydroxyl groups is 2. The molecule has 0 saturated carbocycles. The van der Waals surface area contributed by atoms with E-state index in [0.717, 1.165) is 53.0 Å². The van der Waals surface area contributed by atoms with Gasteiger partial charge in [0.25, 0.3) is 0 Å². The van der Waals surface area contributed by atoms with Gasteiger partial charge in [0.1, 0.15) is 6.10 Å². The molecular weight excluding hydrogens is 376 g/mol. The maximum Gasteiger partial charge on any atom is 0.213 e. The van der Waals surface area contributed by atoms with Gasteiger partial charge in [0.2, 0.25) is 5.88 Å². The van der Waals surface area contributed by atoms with Gasteiger partial charge in [0.05, 0.1) is 19.3 Å². The Morgan fingerprint density at radius 3 is 2.73 bits per heavy atom. The molecule has 156 valence electrons. The van der Waals surface area contributed by atoms with Crippen LogP contribution in [0.5, 0.6) is 5.88 Å². The first-order chi connectivity index (χ1) is 14.5. The molecular formula is C25H28N2O3. The van der Waals surface area contributed by atoms with Crippen molar-refractivity contribution in [2.24, 2.45) is 0 Å². The standard InChI is InChI=1S/C25H28N2O3/c1-17-7-10-25(26-14-17)30-21-11-12-27(15-21)24-9-8-19(13-20(24)16-28)23-6-4-3-5-22(23)18(2)29/h3-10,13-14,18,21,28-29H,11-12,15-16H2,1-2H3/t18?,21-/m0/s1. The number of rotatable bonds is 6. The predicted molar refractivity (Wildman–Crippen MR) is 119 cm³/mol. The molecule has 1 unspecified atom stereocenters. The smallest absolute Gasteiger partial charge is 0.213 e. The zero-order chi connectivity index (χ0) is 21.1. The summed E-state index contributed by atoms with van der Waals surface area (Å²) in [6.45, 7) is 5.36. The molecule has 1 fully saturated rings. The first-order valence-corrected chi connectivity index (χ1v) is 10.4. The molecule has 2 aromatic carbocycles. The van der Waals surface area contributed by atoms with Crippen molar-refractivity contribution in [3.63, 3.8) is 0 Å². The lowest BCUT2D eigenvalue weighted by Gasteiger charge is -2.23. The Morgan fingerprint density at radius 2 is 2.00 bits per heavy atom. The van der Waals surface area contributed by atoms with E-state index >= 15 is 0 Å². The van der Waals surface area contributed by atoms with Crippen LogP contribution in [0.2, 0.25) is 0 Å². The molecule has 30 heavy (non-hydrogen) atoms. The highest BCUT2D eigenvalue weighted by molar-refractivity contribution is 5.72. The zero-order valence-corrected chi connectivity index (χ0v) is 17.5. The SMILES string of the molecule is Cc1ccc(O[C@H]2CCN(c3ccc(-c4ccccc4C(C)O)cc3CO)C2)nc1. The fourth-order valence-electron chi connectivity index (χ4n) is 4.05. The van der Waals surface area contributed by atoms with E-state index in [1.54, 1.807) is 6.92 Å². The van der Waals surface area contributed by atoms with Crippen molar-refractivity contribution in [2.45, 2.75) is 39.1 Å².